The van der Waals surface area contributed by atoms with Gasteiger partial charge in [-0.3, -0.25) is 23.6 Å². The number of carbonyl (C=O) groups is 3. The molecule has 0 spiro atoms. The molecule has 0 atom stereocenters. The Kier molecular flexibility index (Phi) is 44.1. The first kappa shape index (κ1) is 97.4. The molecule has 0 aliphatic heterocycles. The molecule has 0 saturated heterocycles. The SMILES string of the molecule is CC(=O)C=C(C)O.CC(=O)C=C(C)O.Cc1cc(C)c(-n2ccc(-c3[c-]cccc3)n2)c(C)c1.Cc1cccc(C)c1-c1ccc[c-]c1-c1ccn(C)n1.Cc1cccc(C)c1-n1ccc(-c2[c-]cccc2)n1.Cn1ccc(-c2[c-]cccc2)n1.Cn1ccc(-c2[c-]cccc2)n1.O=C(O)c1ccccn1.[Pt].[Pt].[Pt].[Pt].[Pt]. The molecule has 0 unspecified atom stereocenters. The molecule has 6 aromatic heterocycles. The van der Waals surface area contributed by atoms with Crippen molar-refractivity contribution in [2.45, 2.75) is 76.2 Å². The van der Waals surface area contributed by atoms with E-state index < -0.39 is 5.97 Å². The maximum absolute atomic E-state index is 10.1. The summed E-state index contributed by atoms with van der Waals surface area (Å²) in [7, 11) is 5.75. The zero-order valence-corrected chi connectivity index (χ0v) is 75.3. The molecule has 3 N–H and O–H groups in total. The average Bonchev–Trinajstić information content (AvgIpc) is 1.54. The summed E-state index contributed by atoms with van der Waals surface area (Å²) in [5, 5.41) is 47.4. The van der Waals surface area contributed by atoms with Gasteiger partial charge >= 0.3 is 5.97 Å². The van der Waals surface area contributed by atoms with Crippen LogP contribution >= 0.6 is 0 Å². The number of nitrogens with zero attached hydrogens (tertiary/aromatic N) is 11. The molecular formula is C89H88N11O6Pt5-5. The van der Waals surface area contributed by atoms with Crippen LogP contribution in [0.4, 0.5) is 0 Å². The number of carbonyl (C=O) groups excluding carboxylic acids is 2. The Morgan fingerprint density at radius 3 is 1.01 bits per heavy atom. The Morgan fingerprint density at radius 2 is 0.703 bits per heavy atom. The molecule has 14 rings (SSSR count). The molecule has 17 nitrogen and oxygen atoms in total. The van der Waals surface area contributed by atoms with Crippen LogP contribution in [-0.2, 0) is 136 Å². The first-order valence-corrected chi connectivity index (χ1v) is 34.0. The normalized spacial score (nSPS) is 10.0. The van der Waals surface area contributed by atoms with Gasteiger partial charge in [-0.2, -0.15) is 0 Å². The number of aliphatic hydroxyl groups excluding tert-OH is 2. The summed E-state index contributed by atoms with van der Waals surface area (Å²) >= 11 is 0. The average molecular weight is 2380 g/mol. The van der Waals surface area contributed by atoms with Crippen molar-refractivity contribution >= 4 is 17.5 Å². The van der Waals surface area contributed by atoms with Crippen LogP contribution in [0, 0.1) is 78.8 Å². The fourth-order valence-electron chi connectivity index (χ4n) is 10.9. The smallest absolute Gasteiger partial charge is 0.354 e. The van der Waals surface area contributed by atoms with E-state index >= 15 is 0 Å². The maximum Gasteiger partial charge on any atom is 0.354 e. The molecular weight excluding hydrogens is 2290 g/mol. The second-order valence-corrected chi connectivity index (χ2v) is 24.5. The summed E-state index contributed by atoms with van der Waals surface area (Å²) in [6.07, 6.45) is 13.6. The summed E-state index contributed by atoms with van der Waals surface area (Å²) < 4.78 is 9.30. The third-order valence-electron chi connectivity index (χ3n) is 15.4. The van der Waals surface area contributed by atoms with Gasteiger partial charge in [0.2, 0.25) is 0 Å². The van der Waals surface area contributed by atoms with Gasteiger partial charge in [-0.1, -0.05) is 113 Å². The van der Waals surface area contributed by atoms with Gasteiger partial charge in [-0.25, -0.2) is 44.6 Å². The molecule has 22 heteroatoms. The summed E-state index contributed by atoms with van der Waals surface area (Å²) in [5.41, 5.74) is 23.7. The van der Waals surface area contributed by atoms with Crippen LogP contribution in [0.5, 0.6) is 0 Å². The molecule has 590 valence electrons. The van der Waals surface area contributed by atoms with Crippen molar-refractivity contribution in [1.82, 2.24) is 53.9 Å². The molecule has 0 amide bonds. The van der Waals surface area contributed by atoms with Crippen molar-refractivity contribution in [3.63, 3.8) is 0 Å². The topological polar surface area (TPSA) is 214 Å². The fourth-order valence-corrected chi connectivity index (χ4v) is 10.9. The van der Waals surface area contributed by atoms with E-state index in [-0.39, 0.29) is 134 Å². The summed E-state index contributed by atoms with van der Waals surface area (Å²) in [6, 6.07) is 85.5. The van der Waals surface area contributed by atoms with Gasteiger partial charge in [0.15, 0.2) is 11.6 Å². The number of hydrogen-bond donors (Lipinski definition) is 3. The standard InChI is InChI=1S/2C18H17N2.C17H15N2.2C10H9N2.C6H5NO2.2C5H8O2.5Pt/c1-13-7-6-8-14(2)18(13)16-10-5-4-9-15(16)17-11-12-20(3)19-17;1-13-11-14(2)18(15(3)12-13)20-10-9-17(19-20)16-7-5-4-6-8-16;1-13-7-6-8-14(2)17(13)19-12-11-16(18-19)15-9-4-3-5-10-15;2*1-12-8-7-10(11-12)9-5-3-2-4-6-9;8-6(9)5-3-1-2-4-7-5;2*1-4(6)3-5(2)7;;;;;/h4-8,10-12H,1-3H3;4-7,9-12H,1-3H3;3-9,11-12H,1-2H3;2*2-5,7-8H,1H3;1-4H,(H,8,9);2*3,6H,1-2H3;;;;;/q5*-1;;;;;;;;. The number of aliphatic hydroxyl groups is 2. The van der Waals surface area contributed by atoms with E-state index in [0.717, 1.165) is 67.7 Å². The van der Waals surface area contributed by atoms with E-state index in [4.69, 9.17) is 15.3 Å². The Labute approximate surface area is 724 Å². The largest absolute Gasteiger partial charge is 0.512 e. The number of rotatable bonds is 11. The van der Waals surface area contributed by atoms with Gasteiger partial charge in [0.1, 0.15) is 5.69 Å². The van der Waals surface area contributed by atoms with Crippen LogP contribution < -0.4 is 0 Å². The molecule has 8 aromatic carbocycles. The summed E-state index contributed by atoms with van der Waals surface area (Å²) in [6.45, 7) is 20.6. The Balaban J connectivity index is 0.000000440. The van der Waals surface area contributed by atoms with Gasteiger partial charge in [0.05, 0.1) is 22.9 Å². The number of aromatic nitrogens is 11. The predicted octanol–water partition coefficient (Wildman–Crippen LogP) is 19.0. The Hall–Kier alpha value is -9.71. The first-order chi connectivity index (χ1) is 50.8. The zero-order valence-electron chi connectivity index (χ0n) is 63.9. The second kappa shape index (κ2) is 50.2. The molecule has 0 bridgehead atoms. The number of carboxylic acid groups (broad SMARTS) is 1. The number of benzene rings is 8. The molecule has 0 saturated carbocycles. The minimum Gasteiger partial charge on any atom is -0.512 e. The van der Waals surface area contributed by atoms with Gasteiger partial charge in [-0.15, -0.1) is 173 Å². The zero-order chi connectivity index (χ0) is 76.7. The first-order valence-electron chi connectivity index (χ1n) is 34.0. The van der Waals surface area contributed by atoms with Crippen molar-refractivity contribution in [1.29, 1.82) is 0 Å². The van der Waals surface area contributed by atoms with Gasteiger partial charge in [-0.05, 0) is 111 Å². The van der Waals surface area contributed by atoms with Crippen molar-refractivity contribution < 1.29 is 135 Å². The molecule has 111 heavy (non-hydrogen) atoms. The number of pyridine rings is 1. The van der Waals surface area contributed by atoms with E-state index in [0.29, 0.717) is 0 Å². The fraction of sp³-hybridized carbons (Fsp3) is 0.157. The van der Waals surface area contributed by atoms with E-state index in [9.17, 15) is 14.4 Å². The maximum atomic E-state index is 10.1. The number of allylic oxidation sites excluding steroid dienone is 4. The molecule has 0 aliphatic carbocycles. The quantitative estimate of drug-likeness (QED) is 0.0627. The van der Waals surface area contributed by atoms with Crippen LogP contribution in [0.2, 0.25) is 0 Å². The minimum absolute atomic E-state index is 0. The van der Waals surface area contributed by atoms with E-state index in [1.54, 1.807) is 21.5 Å². The van der Waals surface area contributed by atoms with Gasteiger partial charge in [0, 0.05) is 204 Å². The monoisotopic (exact) mass is 2380 g/mol. The Morgan fingerprint density at radius 1 is 0.360 bits per heavy atom. The van der Waals surface area contributed by atoms with E-state index in [2.05, 4.69) is 164 Å². The number of aromatic carboxylic acids is 1. The molecule has 14 aromatic rings. The van der Waals surface area contributed by atoms with Gasteiger partial charge in [0.25, 0.3) is 0 Å². The van der Waals surface area contributed by atoms with E-state index in [1.807, 2.05) is 206 Å². The number of para-hydroxylation sites is 1. The number of hydrogen-bond acceptors (Lipinski definition) is 11. The Bertz CT molecular complexity index is 5000. The van der Waals surface area contributed by atoms with Crippen LogP contribution in [0.25, 0.3) is 78.8 Å². The number of ketones is 2. The van der Waals surface area contributed by atoms with Crippen molar-refractivity contribution in [2.75, 3.05) is 0 Å². The number of aryl methyl sites for hydroxylation is 10. The molecule has 0 fully saturated rings. The third-order valence-corrected chi connectivity index (χ3v) is 15.4. The van der Waals surface area contributed by atoms with E-state index in [1.165, 1.54) is 102 Å². The minimum atomic E-state index is -0.990. The number of carboxylic acids is 1. The summed E-state index contributed by atoms with van der Waals surface area (Å²) in [5.74, 6) is -1.12. The van der Waals surface area contributed by atoms with Gasteiger partial charge < -0.3 is 15.3 Å². The molecule has 0 aliphatic rings. The van der Waals surface area contributed by atoms with Crippen LogP contribution in [0.1, 0.15) is 77.1 Å². The van der Waals surface area contributed by atoms with Crippen LogP contribution in [-0.4, -0.2) is 86.7 Å². The van der Waals surface area contributed by atoms with Crippen molar-refractivity contribution in [3.05, 3.63) is 348 Å². The van der Waals surface area contributed by atoms with Crippen molar-refractivity contribution in [2.24, 2.45) is 21.1 Å². The summed E-state index contributed by atoms with van der Waals surface area (Å²) in [4.78, 5) is 33.8. The van der Waals surface area contributed by atoms with Crippen LogP contribution in [0.15, 0.2) is 273 Å². The molecule has 0 radical (unpaired) electrons. The molecule has 6 heterocycles. The predicted molar refractivity (Wildman–Crippen MR) is 422 cm³/mol. The van der Waals surface area contributed by atoms with Crippen LogP contribution in [0.3, 0.4) is 0 Å². The van der Waals surface area contributed by atoms with Crippen molar-refractivity contribution in [3.8, 4) is 78.8 Å². The second-order valence-electron chi connectivity index (χ2n) is 24.5. The third kappa shape index (κ3) is 31.9.